The van der Waals surface area contributed by atoms with Crippen LogP contribution in [0, 0.1) is 24.7 Å². The lowest BCUT2D eigenvalue weighted by molar-refractivity contribution is -0.115. The van der Waals surface area contributed by atoms with E-state index >= 15 is 0 Å². The summed E-state index contributed by atoms with van der Waals surface area (Å²) in [5.41, 5.74) is 0. The first kappa shape index (κ1) is 16.5. The first-order valence-corrected chi connectivity index (χ1v) is 8.59. The lowest BCUT2D eigenvalue weighted by Gasteiger charge is -2.17. The number of amides is 2. The maximum Gasteiger partial charge on any atom is 0.315 e. The van der Waals surface area contributed by atoms with Crippen LogP contribution in [-0.2, 0) is 11.2 Å². The number of fused-ring (bicyclic) bond motifs is 2. The number of nitrogens with zero attached hydrogens (tertiary/aromatic N) is 3. The molecule has 2 aromatic rings. The number of allylic oxidation sites excluding steroid dienone is 2. The van der Waals surface area contributed by atoms with E-state index in [1.165, 1.54) is 6.42 Å². The summed E-state index contributed by atoms with van der Waals surface area (Å²) >= 11 is 0. The minimum atomic E-state index is -0.414. The molecule has 2 aliphatic carbocycles. The van der Waals surface area contributed by atoms with Crippen LogP contribution in [-0.4, -0.2) is 33.7 Å². The summed E-state index contributed by atoms with van der Waals surface area (Å²) < 4.78 is 9.82. The molecule has 2 amide bonds. The summed E-state index contributed by atoms with van der Waals surface area (Å²) in [5.74, 6) is 1.79. The number of hydrogen-bond donors (Lipinski definition) is 2. The molecule has 0 aliphatic heterocycles. The van der Waals surface area contributed by atoms with Crippen LogP contribution >= 0.6 is 0 Å². The van der Waals surface area contributed by atoms with Crippen LogP contribution in [0.5, 0.6) is 0 Å². The predicted molar refractivity (Wildman–Crippen MR) is 89.0 cm³/mol. The molecule has 136 valence electrons. The van der Waals surface area contributed by atoms with E-state index in [1.807, 2.05) is 0 Å². The Balaban J connectivity index is 1.27. The molecule has 26 heavy (non-hydrogen) atoms. The highest BCUT2D eigenvalue weighted by atomic mass is 16.5. The smallest absolute Gasteiger partial charge is 0.315 e. The van der Waals surface area contributed by atoms with E-state index in [0.29, 0.717) is 35.9 Å². The van der Waals surface area contributed by atoms with Crippen molar-refractivity contribution in [3.8, 4) is 0 Å². The summed E-state index contributed by atoms with van der Waals surface area (Å²) in [6, 6.07) is 1.60. The molecule has 9 nitrogen and oxygen atoms in total. The molecule has 9 heteroatoms. The van der Waals surface area contributed by atoms with E-state index in [1.54, 1.807) is 13.0 Å². The van der Waals surface area contributed by atoms with Crippen molar-refractivity contribution in [2.45, 2.75) is 26.2 Å². The maximum absolute atomic E-state index is 12.2. The molecule has 2 N–H and O–H groups in total. The van der Waals surface area contributed by atoms with Gasteiger partial charge in [0.1, 0.15) is 5.76 Å². The lowest BCUT2D eigenvalue weighted by Crippen LogP contribution is -2.31. The molecule has 2 bridgehead atoms. The first-order valence-electron chi connectivity index (χ1n) is 8.59. The number of rotatable bonds is 6. The van der Waals surface area contributed by atoms with Crippen molar-refractivity contribution in [1.29, 1.82) is 0 Å². The fourth-order valence-electron chi connectivity index (χ4n) is 3.60. The van der Waals surface area contributed by atoms with Gasteiger partial charge in [-0.15, -0.1) is 0 Å². The van der Waals surface area contributed by atoms with Gasteiger partial charge in [0.15, 0.2) is 11.6 Å². The van der Waals surface area contributed by atoms with Gasteiger partial charge < -0.3 is 19.7 Å². The highest BCUT2D eigenvalue weighted by molar-refractivity contribution is 5.91. The molecule has 2 heterocycles. The molecule has 1 saturated carbocycles. The van der Waals surface area contributed by atoms with E-state index in [2.05, 4.69) is 38.1 Å². The molecule has 4 rings (SSSR count). The molecule has 0 radical (unpaired) electrons. The Kier molecular flexibility index (Phi) is 4.27. The second-order valence-corrected chi connectivity index (χ2v) is 6.81. The van der Waals surface area contributed by atoms with Gasteiger partial charge in [-0.1, -0.05) is 22.5 Å². The van der Waals surface area contributed by atoms with Crippen molar-refractivity contribution in [3.05, 3.63) is 35.7 Å². The lowest BCUT2D eigenvalue weighted by atomic mass is 9.94. The molecule has 3 atom stereocenters. The third-order valence-electron chi connectivity index (χ3n) is 4.82. The monoisotopic (exact) mass is 357 g/mol. The minimum Gasteiger partial charge on any atom is -0.360 e. The van der Waals surface area contributed by atoms with Gasteiger partial charge in [-0.05, 0) is 37.5 Å². The molecule has 0 spiro atoms. The summed E-state index contributed by atoms with van der Waals surface area (Å²) in [7, 11) is 0. The number of anilines is 1. The topological polar surface area (TPSA) is 123 Å². The summed E-state index contributed by atoms with van der Waals surface area (Å²) in [6.45, 7) is 2.31. The van der Waals surface area contributed by atoms with Gasteiger partial charge >= 0.3 is 11.8 Å². The Morgan fingerprint density at radius 2 is 2.12 bits per heavy atom. The fourth-order valence-corrected chi connectivity index (χ4v) is 3.60. The summed E-state index contributed by atoms with van der Waals surface area (Å²) in [5, 5.41) is 12.7. The van der Waals surface area contributed by atoms with E-state index in [9.17, 15) is 9.59 Å². The third kappa shape index (κ3) is 3.51. The maximum atomic E-state index is 12.2. The minimum absolute atomic E-state index is 0.125. The average molecular weight is 357 g/mol. The normalized spacial score (nSPS) is 23.3. The highest BCUT2D eigenvalue weighted by Crippen LogP contribution is 2.42. The van der Waals surface area contributed by atoms with E-state index in [4.69, 9.17) is 9.05 Å². The highest BCUT2D eigenvalue weighted by Gasteiger charge is 2.35. The number of carbonyl (C=O) groups excluding carboxylic acids is 2. The van der Waals surface area contributed by atoms with Gasteiger partial charge in [0.25, 0.3) is 0 Å². The van der Waals surface area contributed by atoms with Gasteiger partial charge in [0, 0.05) is 12.6 Å². The SMILES string of the molecule is Cc1cc(NC(=O)Cc2noc(C(=O)NC[C@H]3C[C@H]4C=C[C@H]3C4)n2)no1. The Hall–Kier alpha value is -2.97. The zero-order valence-electron chi connectivity index (χ0n) is 14.3. The van der Waals surface area contributed by atoms with Crippen LogP contribution in [0.3, 0.4) is 0 Å². The summed E-state index contributed by atoms with van der Waals surface area (Å²) in [4.78, 5) is 28.1. The van der Waals surface area contributed by atoms with Crippen molar-refractivity contribution >= 4 is 17.6 Å². The quantitative estimate of drug-likeness (QED) is 0.751. The van der Waals surface area contributed by atoms with Crippen LogP contribution in [0.4, 0.5) is 5.82 Å². The molecule has 2 aromatic heterocycles. The van der Waals surface area contributed by atoms with Gasteiger partial charge in [0.2, 0.25) is 5.91 Å². The largest absolute Gasteiger partial charge is 0.360 e. The van der Waals surface area contributed by atoms with Crippen LogP contribution < -0.4 is 10.6 Å². The number of aryl methyl sites for hydroxylation is 1. The average Bonchev–Trinajstić information content (AvgIpc) is 3.37. The van der Waals surface area contributed by atoms with Crippen molar-refractivity contribution in [2.75, 3.05) is 11.9 Å². The molecular formula is C17H19N5O4. The first-order chi connectivity index (χ1) is 12.6. The second kappa shape index (κ2) is 6.74. The Bertz CT molecular complexity index is 855. The zero-order chi connectivity index (χ0) is 18.1. The number of aromatic nitrogens is 3. The molecule has 1 fully saturated rings. The van der Waals surface area contributed by atoms with Crippen LogP contribution in [0.25, 0.3) is 0 Å². The molecular weight excluding hydrogens is 338 g/mol. The fraction of sp³-hybridized carbons (Fsp3) is 0.471. The van der Waals surface area contributed by atoms with Gasteiger partial charge in [-0.3, -0.25) is 9.59 Å². The van der Waals surface area contributed by atoms with Crippen molar-refractivity contribution in [2.24, 2.45) is 17.8 Å². The number of hydrogen-bond acceptors (Lipinski definition) is 7. The molecule has 0 saturated heterocycles. The third-order valence-corrected chi connectivity index (χ3v) is 4.82. The second-order valence-electron chi connectivity index (χ2n) is 6.81. The van der Waals surface area contributed by atoms with Crippen molar-refractivity contribution in [3.63, 3.8) is 0 Å². The molecule has 2 aliphatic rings. The van der Waals surface area contributed by atoms with Gasteiger partial charge in [-0.25, -0.2) is 0 Å². The van der Waals surface area contributed by atoms with E-state index in [0.717, 1.165) is 6.42 Å². The Morgan fingerprint density at radius 1 is 1.23 bits per heavy atom. The van der Waals surface area contributed by atoms with E-state index < -0.39 is 5.91 Å². The standard InChI is InChI=1S/C17H19N5O4/c1-9-4-13(21-25-9)19-15(23)7-14-20-17(26-22-14)16(24)18-8-12-6-10-2-3-11(12)5-10/h2-4,10-12H,5-8H2,1H3,(H,18,24)(H,19,21,23)/t10-,11-,12+/m0/s1. The zero-order valence-corrected chi connectivity index (χ0v) is 14.3. The molecule has 0 unspecified atom stereocenters. The number of nitrogens with one attached hydrogen (secondary N) is 2. The van der Waals surface area contributed by atoms with Crippen molar-refractivity contribution in [1.82, 2.24) is 20.6 Å². The van der Waals surface area contributed by atoms with Crippen LogP contribution in [0.2, 0.25) is 0 Å². The van der Waals surface area contributed by atoms with Gasteiger partial charge in [-0.2, -0.15) is 4.98 Å². The van der Waals surface area contributed by atoms with Crippen LogP contribution in [0.1, 0.15) is 35.1 Å². The molecule has 0 aromatic carbocycles. The Morgan fingerprint density at radius 3 is 2.81 bits per heavy atom. The predicted octanol–water partition coefficient (Wildman–Crippen LogP) is 1.49. The number of carbonyl (C=O) groups is 2. The van der Waals surface area contributed by atoms with Crippen LogP contribution in [0.15, 0.2) is 27.3 Å². The van der Waals surface area contributed by atoms with E-state index in [-0.39, 0.29) is 24.0 Å². The Labute approximate surface area is 149 Å². The summed E-state index contributed by atoms with van der Waals surface area (Å²) in [6.07, 6.45) is 6.67. The van der Waals surface area contributed by atoms with Gasteiger partial charge in [0.05, 0.1) is 6.42 Å². The van der Waals surface area contributed by atoms with Crippen molar-refractivity contribution < 1.29 is 18.6 Å².